The highest BCUT2D eigenvalue weighted by molar-refractivity contribution is 5.83. The fourth-order valence-corrected chi connectivity index (χ4v) is 7.34. The third-order valence-electron chi connectivity index (χ3n) is 10.7. The number of Topliss-reactive ketones (excluding diaryl/α,β-unsaturated/α-hetero) is 1. The summed E-state index contributed by atoms with van der Waals surface area (Å²) in [6, 6.07) is 0. The minimum atomic E-state index is -1.85. The zero-order valence-corrected chi connectivity index (χ0v) is 26.8. The van der Waals surface area contributed by atoms with Crippen LogP contribution < -0.4 is 0 Å². The number of aliphatic hydroxyl groups is 3. The third kappa shape index (κ3) is 6.60. The highest BCUT2D eigenvalue weighted by atomic mass is 16.6. The molecule has 0 aromatic rings. The molecule has 2 rings (SSSR count). The second-order valence-electron chi connectivity index (χ2n) is 13.4. The van der Waals surface area contributed by atoms with Crippen molar-refractivity contribution in [2.24, 2.45) is 35.5 Å². The molecule has 2 saturated heterocycles. The lowest BCUT2D eigenvalue weighted by Gasteiger charge is -2.51. The fraction of sp³-hybridized carbons (Fsp3) is 0.935. The number of cyclic esters (lactones) is 1. The molecule has 3 N–H and O–H groups in total. The minimum Gasteiger partial charge on any atom is -0.459 e. The second-order valence-corrected chi connectivity index (χ2v) is 13.4. The van der Waals surface area contributed by atoms with Gasteiger partial charge >= 0.3 is 5.97 Å². The van der Waals surface area contributed by atoms with Crippen LogP contribution in [-0.4, -0.2) is 88.6 Å². The van der Waals surface area contributed by atoms with E-state index in [0.29, 0.717) is 12.8 Å². The van der Waals surface area contributed by atoms with Crippen LogP contribution in [0.15, 0.2) is 0 Å². The van der Waals surface area contributed by atoms with Gasteiger partial charge in [0.2, 0.25) is 0 Å². The Morgan fingerprint density at radius 1 is 0.875 bits per heavy atom. The smallest absolute Gasteiger partial charge is 0.309 e. The van der Waals surface area contributed by atoms with Gasteiger partial charge < -0.3 is 34.3 Å². The van der Waals surface area contributed by atoms with Crippen LogP contribution in [0.1, 0.15) is 88.5 Å². The zero-order chi connectivity index (χ0) is 31.0. The van der Waals surface area contributed by atoms with E-state index in [-0.39, 0.29) is 30.0 Å². The molecule has 2 aliphatic rings. The van der Waals surface area contributed by atoms with Crippen molar-refractivity contribution >= 4 is 11.8 Å². The van der Waals surface area contributed by atoms with Crippen molar-refractivity contribution < 1.29 is 43.9 Å². The summed E-state index contributed by atoms with van der Waals surface area (Å²) in [6.45, 7) is 18.2. The van der Waals surface area contributed by atoms with Crippen molar-refractivity contribution in [2.45, 2.75) is 136 Å². The van der Waals surface area contributed by atoms with Crippen LogP contribution in [0.3, 0.4) is 0 Å². The van der Waals surface area contributed by atoms with E-state index in [0.717, 1.165) is 0 Å². The topological polar surface area (TPSA) is 132 Å². The van der Waals surface area contributed by atoms with Crippen molar-refractivity contribution in [1.82, 2.24) is 0 Å². The summed E-state index contributed by atoms with van der Waals surface area (Å²) in [5.74, 6) is -3.35. The quantitative estimate of drug-likeness (QED) is 0.433. The van der Waals surface area contributed by atoms with Gasteiger partial charge in [0, 0.05) is 38.4 Å². The summed E-state index contributed by atoms with van der Waals surface area (Å²) in [7, 11) is 3.19. The average molecular weight is 573 g/mol. The molecule has 2 heterocycles. The number of ether oxygens (including phenoxy) is 4. The van der Waals surface area contributed by atoms with Gasteiger partial charge in [-0.3, -0.25) is 9.59 Å². The summed E-state index contributed by atoms with van der Waals surface area (Å²) >= 11 is 0. The molecule has 40 heavy (non-hydrogen) atoms. The Morgan fingerprint density at radius 2 is 1.43 bits per heavy atom. The molecule has 0 aromatic heterocycles. The average Bonchev–Trinajstić information content (AvgIpc) is 2.91. The van der Waals surface area contributed by atoms with Gasteiger partial charge in [0.1, 0.15) is 23.6 Å². The molecule has 1 unspecified atom stereocenters. The predicted octanol–water partition coefficient (Wildman–Crippen LogP) is 3.54. The maximum atomic E-state index is 13.8. The maximum absolute atomic E-state index is 13.8. The van der Waals surface area contributed by atoms with E-state index < -0.39 is 71.0 Å². The summed E-state index contributed by atoms with van der Waals surface area (Å²) in [5, 5.41) is 33.5. The number of aliphatic hydroxyl groups excluding tert-OH is 2. The molecular weight excluding hydrogens is 516 g/mol. The first-order valence-corrected chi connectivity index (χ1v) is 14.9. The molecule has 0 saturated carbocycles. The highest BCUT2D eigenvalue weighted by Gasteiger charge is 2.53. The van der Waals surface area contributed by atoms with E-state index in [1.807, 2.05) is 27.7 Å². The summed E-state index contributed by atoms with van der Waals surface area (Å²) in [6.07, 6.45) is -3.29. The highest BCUT2D eigenvalue weighted by Crippen LogP contribution is 2.46. The monoisotopic (exact) mass is 572 g/mol. The van der Waals surface area contributed by atoms with Crippen LogP contribution in [0.2, 0.25) is 0 Å². The lowest BCUT2D eigenvalue weighted by Crippen LogP contribution is -2.60. The molecule has 9 nitrogen and oxygen atoms in total. The number of carbonyl (C=O) groups is 2. The summed E-state index contributed by atoms with van der Waals surface area (Å²) in [5.41, 5.74) is -3.48. The largest absolute Gasteiger partial charge is 0.459 e. The van der Waals surface area contributed by atoms with Crippen molar-refractivity contribution in [2.75, 3.05) is 14.2 Å². The van der Waals surface area contributed by atoms with Gasteiger partial charge in [0.25, 0.3) is 0 Å². The second kappa shape index (κ2) is 13.0. The minimum absolute atomic E-state index is 0.124. The van der Waals surface area contributed by atoms with Crippen molar-refractivity contribution in [3.8, 4) is 0 Å². The standard InChI is InChI=1S/C31H56O9/c1-13-23-31(10,36)26(33)19(5)25(32)16(2)14-29(8,37-11)20(6)17(3)24(18(4)28(35)40-23)22-15-30(9,38-12)27(34)21(7)39-22/h16-24,26-27,33-34,36H,13-15H2,1-12H3/t16-,17-,18-,19+,20-,21+,22?,23-,24+,26-,27+,29-,30-,31-/m1/s1. The van der Waals surface area contributed by atoms with Crippen LogP contribution >= 0.6 is 0 Å². The molecule has 0 spiro atoms. The first-order valence-electron chi connectivity index (χ1n) is 14.9. The van der Waals surface area contributed by atoms with Crippen molar-refractivity contribution in [3.63, 3.8) is 0 Å². The molecular formula is C31H56O9. The van der Waals surface area contributed by atoms with Crippen LogP contribution in [-0.2, 0) is 28.5 Å². The normalized spacial score (nSPS) is 50.2. The Bertz CT molecular complexity index is 877. The van der Waals surface area contributed by atoms with E-state index in [1.54, 1.807) is 35.0 Å². The van der Waals surface area contributed by atoms with Crippen LogP contribution in [0.5, 0.6) is 0 Å². The zero-order valence-electron chi connectivity index (χ0n) is 26.8. The van der Waals surface area contributed by atoms with E-state index in [9.17, 15) is 24.9 Å². The first kappa shape index (κ1) is 35.1. The Morgan fingerprint density at radius 3 is 1.93 bits per heavy atom. The maximum Gasteiger partial charge on any atom is 0.309 e. The van der Waals surface area contributed by atoms with Gasteiger partial charge in [0.15, 0.2) is 0 Å². The molecule has 9 heteroatoms. The Labute approximate surface area is 241 Å². The van der Waals surface area contributed by atoms with E-state index >= 15 is 0 Å². The number of hydrogen-bond donors (Lipinski definition) is 3. The lowest BCUT2D eigenvalue weighted by atomic mass is 9.65. The van der Waals surface area contributed by atoms with Crippen LogP contribution in [0.25, 0.3) is 0 Å². The van der Waals surface area contributed by atoms with Gasteiger partial charge in [-0.25, -0.2) is 0 Å². The van der Waals surface area contributed by atoms with Gasteiger partial charge in [-0.15, -0.1) is 0 Å². The van der Waals surface area contributed by atoms with Gasteiger partial charge in [0.05, 0.1) is 35.4 Å². The Hall–Kier alpha value is -1.10. The van der Waals surface area contributed by atoms with Crippen LogP contribution in [0, 0.1) is 35.5 Å². The SMILES string of the molecule is CC[C@H]1OC(=O)[C@H](C)[C@@H](C2C[C@@](C)(OC)[C@@H](O)[C@H](C)O2)[C@H](C)[C@@H](C)[C@](C)(OC)C[C@@H](C)C(=O)[C@H](C)[C@@H](O)[C@]1(C)O. The Balaban J connectivity index is 2.68. The number of ketones is 1. The number of esters is 1. The third-order valence-corrected chi connectivity index (χ3v) is 10.7. The Kier molecular flexibility index (Phi) is 11.4. The molecule has 2 fully saturated rings. The fourth-order valence-electron chi connectivity index (χ4n) is 7.34. The number of rotatable bonds is 4. The predicted molar refractivity (Wildman–Crippen MR) is 152 cm³/mol. The number of carbonyl (C=O) groups excluding carboxylic acids is 2. The van der Waals surface area contributed by atoms with E-state index in [1.165, 1.54) is 6.92 Å². The summed E-state index contributed by atoms with van der Waals surface area (Å²) in [4.78, 5) is 27.3. The molecule has 0 aliphatic carbocycles. The molecule has 0 bridgehead atoms. The molecule has 0 aromatic carbocycles. The van der Waals surface area contributed by atoms with Gasteiger partial charge in [-0.05, 0) is 52.4 Å². The first-order chi connectivity index (χ1) is 18.3. The van der Waals surface area contributed by atoms with Crippen LogP contribution in [0.4, 0.5) is 0 Å². The molecule has 234 valence electrons. The van der Waals surface area contributed by atoms with Crippen molar-refractivity contribution in [1.29, 1.82) is 0 Å². The van der Waals surface area contributed by atoms with Gasteiger partial charge in [-0.1, -0.05) is 41.5 Å². The number of hydrogen-bond acceptors (Lipinski definition) is 9. The van der Waals surface area contributed by atoms with Crippen molar-refractivity contribution in [3.05, 3.63) is 0 Å². The molecule has 14 atom stereocenters. The van der Waals surface area contributed by atoms with E-state index in [4.69, 9.17) is 18.9 Å². The molecule has 0 radical (unpaired) electrons. The van der Waals surface area contributed by atoms with Gasteiger partial charge in [-0.2, -0.15) is 0 Å². The lowest BCUT2D eigenvalue weighted by molar-refractivity contribution is -0.237. The number of methoxy groups -OCH3 is 2. The van der Waals surface area contributed by atoms with E-state index in [2.05, 4.69) is 13.8 Å². The molecule has 0 amide bonds. The summed E-state index contributed by atoms with van der Waals surface area (Å²) < 4.78 is 24.2. The molecule has 2 aliphatic heterocycles.